The number of alkyl halides is 3. The molecule has 1 N–H and O–H groups in total. The lowest BCUT2D eigenvalue weighted by atomic mass is 10.0. The third-order valence-corrected chi connectivity index (χ3v) is 7.29. The van der Waals surface area contributed by atoms with E-state index in [2.05, 4.69) is 20.4 Å². The SMILES string of the molecule is CC(C)(C)OC(=O)Nc1nc2cc(CN(C(=O)c3ccc(C#N)nc3)c3cn(C4CC4)nc3C(F)(F)F)ccc2c2c1COC2. The highest BCUT2D eigenvalue weighted by Gasteiger charge is 2.42. The Morgan fingerprint density at radius 1 is 1.16 bits per heavy atom. The van der Waals surface area contributed by atoms with E-state index in [0.717, 1.165) is 22.0 Å². The van der Waals surface area contributed by atoms with Crippen molar-refractivity contribution in [1.29, 1.82) is 5.26 Å². The monoisotopic (exact) mass is 619 g/mol. The quantitative estimate of drug-likeness (QED) is 0.267. The Balaban J connectivity index is 1.41. The van der Waals surface area contributed by atoms with Crippen LogP contribution >= 0.6 is 0 Å². The van der Waals surface area contributed by atoms with Crippen molar-refractivity contribution in [3.8, 4) is 6.07 Å². The first-order valence-electron chi connectivity index (χ1n) is 14.2. The molecule has 2 aliphatic rings. The van der Waals surface area contributed by atoms with E-state index in [1.165, 1.54) is 23.0 Å². The Labute approximate surface area is 255 Å². The van der Waals surface area contributed by atoms with Gasteiger partial charge in [-0.2, -0.15) is 23.5 Å². The summed E-state index contributed by atoms with van der Waals surface area (Å²) in [6, 6.07) is 9.50. The number of pyridine rings is 2. The molecule has 0 saturated heterocycles. The number of aromatic nitrogens is 4. The number of nitrogens with zero attached hydrogens (tertiary/aromatic N) is 6. The summed E-state index contributed by atoms with van der Waals surface area (Å²) in [5.41, 5.74) is 0.180. The first kappa shape index (κ1) is 30.0. The molecule has 0 unspecified atom stereocenters. The van der Waals surface area contributed by atoms with Crippen LogP contribution in [-0.2, 0) is 35.4 Å². The van der Waals surface area contributed by atoms with Gasteiger partial charge in [0.15, 0.2) is 5.69 Å². The van der Waals surface area contributed by atoms with Gasteiger partial charge in [-0.3, -0.25) is 14.8 Å². The molecule has 1 aliphatic heterocycles. The average Bonchev–Trinajstić information content (AvgIpc) is 3.51. The molecule has 0 spiro atoms. The van der Waals surface area contributed by atoms with Crippen LogP contribution in [0.3, 0.4) is 0 Å². The second-order valence-electron chi connectivity index (χ2n) is 11.9. The fourth-order valence-corrected chi connectivity index (χ4v) is 5.09. The van der Waals surface area contributed by atoms with Crippen LogP contribution in [0.4, 0.5) is 29.5 Å². The average molecular weight is 620 g/mol. The van der Waals surface area contributed by atoms with Crippen molar-refractivity contribution in [3.63, 3.8) is 0 Å². The van der Waals surface area contributed by atoms with Crippen molar-refractivity contribution >= 4 is 34.4 Å². The Morgan fingerprint density at radius 3 is 2.56 bits per heavy atom. The number of hydrogen-bond donors (Lipinski definition) is 1. The lowest BCUT2D eigenvalue weighted by Crippen LogP contribution is -2.32. The first-order valence-corrected chi connectivity index (χ1v) is 14.2. The third-order valence-electron chi connectivity index (χ3n) is 7.29. The summed E-state index contributed by atoms with van der Waals surface area (Å²) in [7, 11) is 0. The van der Waals surface area contributed by atoms with Crippen LogP contribution < -0.4 is 10.2 Å². The number of ether oxygens (including phenoxy) is 2. The second-order valence-corrected chi connectivity index (χ2v) is 11.9. The number of rotatable bonds is 6. The highest BCUT2D eigenvalue weighted by molar-refractivity contribution is 6.06. The van der Waals surface area contributed by atoms with Crippen LogP contribution in [-0.4, -0.2) is 37.3 Å². The molecule has 4 heterocycles. The van der Waals surface area contributed by atoms with Crippen molar-refractivity contribution in [3.05, 3.63) is 76.4 Å². The zero-order valence-corrected chi connectivity index (χ0v) is 24.6. The second kappa shape index (κ2) is 11.2. The Hall–Kier alpha value is -5.03. The molecule has 14 heteroatoms. The summed E-state index contributed by atoms with van der Waals surface area (Å²) >= 11 is 0. The molecule has 45 heavy (non-hydrogen) atoms. The normalized spacial score (nSPS) is 14.6. The molecule has 0 atom stereocenters. The number of carbonyl (C=O) groups is 2. The van der Waals surface area contributed by atoms with Gasteiger partial charge < -0.3 is 14.4 Å². The summed E-state index contributed by atoms with van der Waals surface area (Å²) in [6.45, 7) is 5.46. The van der Waals surface area contributed by atoms with Crippen molar-refractivity contribution in [2.75, 3.05) is 10.2 Å². The van der Waals surface area contributed by atoms with Crippen molar-refractivity contribution in [2.24, 2.45) is 0 Å². The van der Waals surface area contributed by atoms with Crippen LogP contribution in [0.5, 0.6) is 0 Å². The van der Waals surface area contributed by atoms with Gasteiger partial charge in [0, 0.05) is 23.3 Å². The number of carbonyl (C=O) groups excluding carboxylic acids is 2. The first-order chi connectivity index (χ1) is 21.3. The number of hydrogen-bond acceptors (Lipinski definition) is 8. The van der Waals surface area contributed by atoms with Crippen LogP contribution in [0.25, 0.3) is 10.9 Å². The third kappa shape index (κ3) is 6.30. The molecular weight excluding hydrogens is 591 g/mol. The molecule has 1 fully saturated rings. The molecule has 0 bridgehead atoms. The largest absolute Gasteiger partial charge is 0.444 e. The molecule has 0 radical (unpaired) electrons. The molecule has 11 nitrogen and oxygen atoms in total. The van der Waals surface area contributed by atoms with Gasteiger partial charge in [-0.25, -0.2) is 14.8 Å². The van der Waals surface area contributed by atoms with Crippen LogP contribution in [0, 0.1) is 11.3 Å². The maximum absolute atomic E-state index is 14.3. The molecular formula is C31H28F3N7O4. The van der Waals surface area contributed by atoms with Crippen LogP contribution in [0.2, 0.25) is 0 Å². The van der Waals surface area contributed by atoms with Gasteiger partial charge in [0.05, 0.1) is 42.6 Å². The summed E-state index contributed by atoms with van der Waals surface area (Å²) in [5, 5.41) is 16.4. The predicted octanol–water partition coefficient (Wildman–Crippen LogP) is 6.28. The number of nitriles is 1. The molecule has 1 aliphatic carbocycles. The van der Waals surface area contributed by atoms with Gasteiger partial charge in [-0.15, -0.1) is 0 Å². The molecule has 6 rings (SSSR count). The summed E-state index contributed by atoms with van der Waals surface area (Å²) in [6.07, 6.45) is -1.73. The van der Waals surface area contributed by atoms with E-state index in [1.807, 2.05) is 6.07 Å². The molecule has 1 saturated carbocycles. The predicted molar refractivity (Wildman–Crippen MR) is 155 cm³/mol. The minimum atomic E-state index is -4.83. The van der Waals surface area contributed by atoms with Crippen LogP contribution in [0.15, 0.2) is 42.7 Å². The highest BCUT2D eigenvalue weighted by atomic mass is 19.4. The number of halogens is 3. The lowest BCUT2D eigenvalue weighted by Gasteiger charge is -2.23. The van der Waals surface area contributed by atoms with E-state index in [-0.39, 0.29) is 42.9 Å². The van der Waals surface area contributed by atoms with Crippen molar-refractivity contribution in [2.45, 2.75) is 71.2 Å². The molecule has 3 aromatic heterocycles. The number of nitrogens with one attached hydrogen (secondary N) is 1. The summed E-state index contributed by atoms with van der Waals surface area (Å²) in [4.78, 5) is 36.0. The topological polar surface area (TPSA) is 135 Å². The van der Waals surface area contributed by atoms with Gasteiger partial charge in [0.25, 0.3) is 5.91 Å². The minimum absolute atomic E-state index is 0.000902. The van der Waals surface area contributed by atoms with Gasteiger partial charge in [-0.05, 0) is 62.9 Å². The molecule has 1 aromatic carbocycles. The fourth-order valence-electron chi connectivity index (χ4n) is 5.09. The fraction of sp³-hybridized carbons (Fsp3) is 0.355. The number of benzene rings is 1. The zero-order valence-electron chi connectivity index (χ0n) is 24.6. The summed E-state index contributed by atoms with van der Waals surface area (Å²) in [5.74, 6) is -0.501. The smallest absolute Gasteiger partial charge is 0.437 e. The number of fused-ring (bicyclic) bond motifs is 3. The lowest BCUT2D eigenvalue weighted by molar-refractivity contribution is -0.141. The maximum Gasteiger partial charge on any atom is 0.437 e. The van der Waals surface area contributed by atoms with Gasteiger partial charge >= 0.3 is 12.3 Å². The Morgan fingerprint density at radius 2 is 1.91 bits per heavy atom. The Bertz CT molecular complexity index is 1850. The number of amides is 2. The van der Waals surface area contributed by atoms with Crippen molar-refractivity contribution < 1.29 is 32.2 Å². The van der Waals surface area contributed by atoms with E-state index in [0.29, 0.717) is 29.5 Å². The number of anilines is 2. The van der Waals surface area contributed by atoms with E-state index in [1.54, 1.807) is 39.0 Å². The van der Waals surface area contributed by atoms with E-state index >= 15 is 0 Å². The van der Waals surface area contributed by atoms with Gasteiger partial charge in [0.1, 0.15) is 23.2 Å². The maximum atomic E-state index is 14.3. The van der Waals surface area contributed by atoms with E-state index in [9.17, 15) is 22.8 Å². The highest BCUT2D eigenvalue weighted by Crippen LogP contribution is 2.42. The van der Waals surface area contributed by atoms with Gasteiger partial charge in [-0.1, -0.05) is 12.1 Å². The zero-order chi connectivity index (χ0) is 32.1. The Kier molecular flexibility index (Phi) is 7.44. The van der Waals surface area contributed by atoms with Gasteiger partial charge in [0.2, 0.25) is 0 Å². The van der Waals surface area contributed by atoms with Crippen LogP contribution in [0.1, 0.15) is 78.1 Å². The molecule has 4 aromatic rings. The van der Waals surface area contributed by atoms with E-state index < -0.39 is 35.2 Å². The minimum Gasteiger partial charge on any atom is -0.444 e. The van der Waals surface area contributed by atoms with E-state index in [4.69, 9.17) is 14.7 Å². The molecule has 2 amide bonds. The molecule has 232 valence electrons. The summed E-state index contributed by atoms with van der Waals surface area (Å²) < 4.78 is 55.1. The standard InChI is InChI=1S/C31H28F3N7O4/c1-30(2,3)45-29(43)38-27-23-16-44-15-22(23)21-9-4-17(10-24(21)37-27)13-40(28(42)18-5-6-19(11-35)36-12-18)25-14-41(20-7-8-20)39-26(25)31(32,33)34/h4-6,9-10,12,14,20H,7-8,13,15-16H2,1-3H3,(H,37,38,43). The van der Waals surface area contributed by atoms with Crippen molar-refractivity contribution in [1.82, 2.24) is 19.7 Å².